The van der Waals surface area contributed by atoms with Gasteiger partial charge >= 0.3 is 0 Å². The minimum atomic E-state index is -0.0245. The van der Waals surface area contributed by atoms with E-state index < -0.39 is 0 Å². The highest BCUT2D eigenvalue weighted by molar-refractivity contribution is 6.33. The fourth-order valence-corrected chi connectivity index (χ4v) is 2.69. The Morgan fingerprint density at radius 2 is 2.10 bits per heavy atom. The van der Waals surface area contributed by atoms with Crippen LogP contribution in [0.15, 0.2) is 18.2 Å². The van der Waals surface area contributed by atoms with Crippen molar-refractivity contribution in [2.24, 2.45) is 0 Å². The van der Waals surface area contributed by atoms with Gasteiger partial charge in [0.25, 0.3) is 0 Å². The number of nitrogens with one attached hydrogen (secondary N) is 1. The summed E-state index contributed by atoms with van der Waals surface area (Å²) in [5.41, 5.74) is 6.85. The first-order valence-corrected chi connectivity index (χ1v) is 7.54. The lowest BCUT2D eigenvalue weighted by atomic mass is 10.2. The van der Waals surface area contributed by atoms with E-state index in [4.69, 9.17) is 22.1 Å². The summed E-state index contributed by atoms with van der Waals surface area (Å²) in [6.07, 6.45) is 0.878. The van der Waals surface area contributed by atoms with Gasteiger partial charge in [0.1, 0.15) is 0 Å². The monoisotopic (exact) mass is 311 g/mol. The maximum atomic E-state index is 12.0. The summed E-state index contributed by atoms with van der Waals surface area (Å²) in [4.78, 5) is 14.2. The molecule has 6 heteroatoms. The molecule has 2 unspecified atom stereocenters. The number of nitrogens with zero attached hydrogens (tertiary/aromatic N) is 1. The number of ether oxygens (including phenoxy) is 1. The van der Waals surface area contributed by atoms with Gasteiger partial charge in [0.05, 0.1) is 22.9 Å². The standard InChI is InChI=1S/C15H22ClN3O2/c1-10-8-19(9-11(2)21-10)6-5-15(20)18-12-3-4-13(16)14(17)7-12/h3-4,7,10-11H,5-6,8-9,17H2,1-2H3,(H,18,20). The van der Waals surface area contributed by atoms with Crippen molar-refractivity contribution in [1.82, 2.24) is 4.90 Å². The van der Waals surface area contributed by atoms with E-state index in [-0.39, 0.29) is 18.1 Å². The molecule has 0 spiro atoms. The van der Waals surface area contributed by atoms with Crippen molar-refractivity contribution < 1.29 is 9.53 Å². The second-order valence-electron chi connectivity index (χ2n) is 5.55. The van der Waals surface area contributed by atoms with Gasteiger partial charge in [-0.05, 0) is 32.0 Å². The average Bonchev–Trinajstić information content (AvgIpc) is 2.40. The molecule has 2 atom stereocenters. The van der Waals surface area contributed by atoms with Crippen molar-refractivity contribution >= 4 is 28.9 Å². The quantitative estimate of drug-likeness (QED) is 0.838. The lowest BCUT2D eigenvalue weighted by Crippen LogP contribution is -2.46. The Bertz CT molecular complexity index is 500. The third kappa shape index (κ3) is 4.88. The van der Waals surface area contributed by atoms with Crippen LogP contribution in [-0.4, -0.2) is 42.6 Å². The van der Waals surface area contributed by atoms with Gasteiger partial charge in [-0.15, -0.1) is 0 Å². The summed E-state index contributed by atoms with van der Waals surface area (Å²) in [6.45, 7) is 6.57. The first kappa shape index (κ1) is 16.1. The highest BCUT2D eigenvalue weighted by atomic mass is 35.5. The Morgan fingerprint density at radius 3 is 2.71 bits per heavy atom. The van der Waals surface area contributed by atoms with Crippen LogP contribution in [0.4, 0.5) is 11.4 Å². The van der Waals surface area contributed by atoms with E-state index in [0.29, 0.717) is 22.8 Å². The van der Waals surface area contributed by atoms with Gasteiger partial charge in [0.15, 0.2) is 0 Å². The van der Waals surface area contributed by atoms with E-state index in [0.717, 1.165) is 19.6 Å². The number of nitrogens with two attached hydrogens (primary N) is 1. The van der Waals surface area contributed by atoms with Crippen LogP contribution >= 0.6 is 11.6 Å². The van der Waals surface area contributed by atoms with E-state index in [9.17, 15) is 4.79 Å². The molecular formula is C15H22ClN3O2. The van der Waals surface area contributed by atoms with Crippen molar-refractivity contribution in [2.45, 2.75) is 32.5 Å². The number of amides is 1. The lowest BCUT2D eigenvalue weighted by Gasteiger charge is -2.35. The molecule has 1 aliphatic heterocycles. The van der Waals surface area contributed by atoms with Crippen LogP contribution in [0.25, 0.3) is 0 Å². The number of carbonyl (C=O) groups excluding carboxylic acids is 1. The molecule has 0 aromatic heterocycles. The van der Waals surface area contributed by atoms with Crippen LogP contribution in [0.5, 0.6) is 0 Å². The maximum absolute atomic E-state index is 12.0. The van der Waals surface area contributed by atoms with Gasteiger partial charge in [0, 0.05) is 31.7 Å². The fourth-order valence-electron chi connectivity index (χ4n) is 2.57. The fraction of sp³-hybridized carbons (Fsp3) is 0.533. The summed E-state index contributed by atoms with van der Waals surface area (Å²) in [5, 5.41) is 3.33. The third-order valence-electron chi connectivity index (χ3n) is 3.43. The molecule has 1 aromatic carbocycles. The Balaban J connectivity index is 1.80. The van der Waals surface area contributed by atoms with Crippen LogP contribution in [0.2, 0.25) is 5.02 Å². The molecule has 0 radical (unpaired) electrons. The topological polar surface area (TPSA) is 67.6 Å². The smallest absolute Gasteiger partial charge is 0.225 e. The first-order chi connectivity index (χ1) is 9.94. The molecule has 3 N–H and O–H groups in total. The molecule has 1 fully saturated rings. The third-order valence-corrected chi connectivity index (χ3v) is 3.77. The molecule has 1 aromatic rings. The molecule has 1 heterocycles. The highest BCUT2D eigenvalue weighted by Gasteiger charge is 2.22. The molecule has 1 aliphatic rings. The zero-order valence-electron chi connectivity index (χ0n) is 12.4. The van der Waals surface area contributed by atoms with E-state index in [2.05, 4.69) is 24.1 Å². The van der Waals surface area contributed by atoms with E-state index in [1.807, 2.05) is 0 Å². The number of nitrogen functional groups attached to an aromatic ring is 1. The van der Waals surface area contributed by atoms with E-state index in [1.54, 1.807) is 18.2 Å². The maximum Gasteiger partial charge on any atom is 0.225 e. The molecule has 5 nitrogen and oxygen atoms in total. The van der Waals surface area contributed by atoms with Crippen molar-refractivity contribution in [3.63, 3.8) is 0 Å². The molecule has 0 bridgehead atoms. The summed E-state index contributed by atoms with van der Waals surface area (Å²) >= 11 is 5.85. The normalized spacial score (nSPS) is 23.0. The van der Waals surface area contributed by atoms with Crippen molar-refractivity contribution in [1.29, 1.82) is 0 Å². The van der Waals surface area contributed by atoms with Gasteiger partial charge < -0.3 is 15.8 Å². The van der Waals surface area contributed by atoms with Gasteiger partial charge in [-0.2, -0.15) is 0 Å². The largest absolute Gasteiger partial charge is 0.397 e. The number of rotatable bonds is 4. The molecule has 1 amide bonds. The Morgan fingerprint density at radius 1 is 1.43 bits per heavy atom. The Kier molecular flexibility index (Phi) is 5.45. The molecule has 0 saturated carbocycles. The molecule has 116 valence electrons. The highest BCUT2D eigenvalue weighted by Crippen LogP contribution is 2.22. The van der Waals surface area contributed by atoms with E-state index in [1.165, 1.54) is 0 Å². The molecular weight excluding hydrogens is 290 g/mol. The van der Waals surface area contributed by atoms with Crippen LogP contribution in [0.3, 0.4) is 0 Å². The number of morpholine rings is 1. The number of carbonyl (C=O) groups is 1. The summed E-state index contributed by atoms with van der Waals surface area (Å²) in [7, 11) is 0. The van der Waals surface area contributed by atoms with Crippen LogP contribution in [-0.2, 0) is 9.53 Å². The predicted octanol–water partition coefficient (Wildman–Crippen LogP) is 2.36. The minimum absolute atomic E-state index is 0.0245. The van der Waals surface area contributed by atoms with Gasteiger partial charge in [0.2, 0.25) is 5.91 Å². The Hall–Kier alpha value is -1.30. The average molecular weight is 312 g/mol. The number of benzene rings is 1. The van der Waals surface area contributed by atoms with Gasteiger partial charge in [-0.1, -0.05) is 11.6 Å². The second kappa shape index (κ2) is 7.11. The SMILES string of the molecule is CC1CN(CCC(=O)Nc2ccc(Cl)c(N)c2)CC(C)O1. The van der Waals surface area contributed by atoms with Crippen molar-refractivity contribution in [3.8, 4) is 0 Å². The summed E-state index contributed by atoms with van der Waals surface area (Å²) in [5.74, 6) is -0.0245. The number of hydrogen-bond donors (Lipinski definition) is 2. The van der Waals surface area contributed by atoms with Gasteiger partial charge in [-0.3, -0.25) is 9.69 Å². The van der Waals surface area contributed by atoms with Crippen molar-refractivity contribution in [2.75, 3.05) is 30.7 Å². The summed E-state index contributed by atoms with van der Waals surface area (Å²) in [6, 6.07) is 5.09. The lowest BCUT2D eigenvalue weighted by molar-refractivity contribution is -0.117. The molecule has 21 heavy (non-hydrogen) atoms. The zero-order chi connectivity index (χ0) is 15.4. The Labute approximate surface area is 130 Å². The van der Waals surface area contributed by atoms with E-state index >= 15 is 0 Å². The molecule has 2 rings (SSSR count). The minimum Gasteiger partial charge on any atom is -0.397 e. The van der Waals surface area contributed by atoms with Crippen LogP contribution < -0.4 is 11.1 Å². The number of halogens is 1. The summed E-state index contributed by atoms with van der Waals surface area (Å²) < 4.78 is 5.67. The van der Waals surface area contributed by atoms with Gasteiger partial charge in [-0.25, -0.2) is 0 Å². The molecule has 1 saturated heterocycles. The first-order valence-electron chi connectivity index (χ1n) is 7.16. The predicted molar refractivity (Wildman–Crippen MR) is 85.6 cm³/mol. The van der Waals surface area contributed by atoms with Crippen LogP contribution in [0.1, 0.15) is 20.3 Å². The number of hydrogen-bond acceptors (Lipinski definition) is 4. The van der Waals surface area contributed by atoms with Crippen LogP contribution in [0, 0.1) is 0 Å². The zero-order valence-corrected chi connectivity index (χ0v) is 13.2. The molecule has 0 aliphatic carbocycles. The number of anilines is 2. The van der Waals surface area contributed by atoms with Crippen molar-refractivity contribution in [3.05, 3.63) is 23.2 Å². The second-order valence-corrected chi connectivity index (χ2v) is 5.96.